The van der Waals surface area contributed by atoms with Crippen molar-refractivity contribution in [3.05, 3.63) is 83.2 Å². The number of hydrogen-bond donors (Lipinski definition) is 0. The van der Waals surface area contributed by atoms with E-state index in [1.54, 1.807) is 6.92 Å². The molecule has 0 amide bonds. The molecule has 0 N–H and O–H groups in total. The van der Waals surface area contributed by atoms with E-state index in [0.29, 0.717) is 17.3 Å². The van der Waals surface area contributed by atoms with E-state index in [1.165, 1.54) is 12.1 Å². The van der Waals surface area contributed by atoms with Crippen LogP contribution in [0, 0.1) is 25.7 Å². The molecule has 0 radical (unpaired) electrons. The van der Waals surface area contributed by atoms with Crippen LogP contribution in [0.25, 0.3) is 22.8 Å². The molecule has 5 nitrogen and oxygen atoms in total. The second-order valence-electron chi connectivity index (χ2n) is 7.50. The van der Waals surface area contributed by atoms with Gasteiger partial charge in [-0.15, -0.1) is 29.3 Å². The summed E-state index contributed by atoms with van der Waals surface area (Å²) in [5.41, 5.74) is 4.26. The van der Waals surface area contributed by atoms with Crippen molar-refractivity contribution in [3.63, 3.8) is 0 Å². The maximum Gasteiger partial charge on any atom is 2.00 e. The van der Waals surface area contributed by atoms with Gasteiger partial charge >= 0.3 is 21.1 Å². The van der Waals surface area contributed by atoms with Gasteiger partial charge in [0.2, 0.25) is 0 Å². The third-order valence-corrected chi connectivity index (χ3v) is 4.92. The predicted molar refractivity (Wildman–Crippen MR) is 109 cm³/mol. The van der Waals surface area contributed by atoms with Crippen LogP contribution >= 0.6 is 0 Å². The Morgan fingerprint density at radius 2 is 1.57 bits per heavy atom. The Morgan fingerprint density at radius 1 is 0.933 bits per heavy atom. The molecule has 0 fully saturated rings. The average molecular weight is 581 g/mol. The van der Waals surface area contributed by atoms with Crippen LogP contribution in [0.4, 0.5) is 4.39 Å². The molecule has 0 spiro atoms. The Bertz CT molecular complexity index is 1190. The van der Waals surface area contributed by atoms with Crippen LogP contribution in [-0.2, 0) is 26.5 Å². The smallest absolute Gasteiger partial charge is 0.421 e. The minimum Gasteiger partial charge on any atom is -0.421 e. The molecule has 0 saturated carbocycles. The summed E-state index contributed by atoms with van der Waals surface area (Å²) < 4.78 is 13.5. The first-order valence-corrected chi connectivity index (χ1v) is 9.32. The third-order valence-electron chi connectivity index (χ3n) is 4.92. The van der Waals surface area contributed by atoms with Crippen molar-refractivity contribution in [2.75, 3.05) is 0 Å². The van der Waals surface area contributed by atoms with E-state index in [0.717, 1.165) is 28.2 Å². The molecular formula is C23H20FN5Pt. The number of nitrogens with zero attached hydrogens (tertiary/aromatic N) is 5. The molecular weight excluding hydrogens is 560 g/mol. The Balaban J connectivity index is 0.00000256. The molecule has 154 valence electrons. The van der Waals surface area contributed by atoms with Gasteiger partial charge in [0.15, 0.2) is 0 Å². The summed E-state index contributed by atoms with van der Waals surface area (Å²) in [4.78, 5) is 13.9. The van der Waals surface area contributed by atoms with Gasteiger partial charge in [0.1, 0.15) is 0 Å². The third kappa shape index (κ3) is 4.24. The Morgan fingerprint density at radius 3 is 2.17 bits per heavy atom. The molecule has 1 aromatic carbocycles. The fourth-order valence-electron chi connectivity index (χ4n) is 3.24. The van der Waals surface area contributed by atoms with E-state index < -0.39 is 5.41 Å². The fraction of sp³-hybridized carbons (Fsp3) is 0.217. The number of aryl methyl sites for hydroxylation is 2. The molecule has 3 heterocycles. The molecule has 7 heteroatoms. The first-order chi connectivity index (χ1) is 13.8. The standard InChI is InChI=1S/C23H20FN5.Pt/c1-14-13-16(24)11-12-17(14)18-7-5-9-20(26-18)23(3,4)21-10-6-8-19(27-21)22-25-15(2)28-29-22;/h5-11,13H,1-4H3;/q-2;+2. The molecule has 0 aliphatic carbocycles. The van der Waals surface area contributed by atoms with Crippen LogP contribution < -0.4 is 5.10 Å². The Kier molecular flexibility index (Phi) is 6.27. The zero-order chi connectivity index (χ0) is 20.6. The van der Waals surface area contributed by atoms with Crippen LogP contribution in [0.1, 0.15) is 36.6 Å². The largest absolute Gasteiger partial charge is 2.00 e. The molecule has 4 aromatic rings. The molecule has 0 atom stereocenters. The van der Waals surface area contributed by atoms with Crippen LogP contribution in [0.15, 0.2) is 48.5 Å². The molecule has 4 rings (SSSR count). The van der Waals surface area contributed by atoms with Crippen LogP contribution in [0.2, 0.25) is 0 Å². The van der Waals surface area contributed by atoms with Crippen molar-refractivity contribution in [3.8, 4) is 22.8 Å². The van der Waals surface area contributed by atoms with Gasteiger partial charge in [-0.1, -0.05) is 25.1 Å². The summed E-state index contributed by atoms with van der Waals surface area (Å²) >= 11 is 0. The van der Waals surface area contributed by atoms with Crippen molar-refractivity contribution < 1.29 is 25.5 Å². The second kappa shape index (κ2) is 8.56. The van der Waals surface area contributed by atoms with Crippen LogP contribution in [0.3, 0.4) is 0 Å². The van der Waals surface area contributed by atoms with Gasteiger partial charge in [0.05, 0.1) is 11.4 Å². The average Bonchev–Trinajstić information content (AvgIpc) is 3.14. The Labute approximate surface area is 189 Å². The predicted octanol–water partition coefficient (Wildman–Crippen LogP) is 4.44. The topological polar surface area (TPSA) is 65.7 Å². The zero-order valence-corrected chi connectivity index (χ0v) is 19.3. The maximum atomic E-state index is 13.5. The summed E-state index contributed by atoms with van der Waals surface area (Å²) in [6.07, 6.45) is 0. The van der Waals surface area contributed by atoms with Crippen molar-refractivity contribution in [1.82, 2.24) is 25.1 Å². The maximum absolute atomic E-state index is 13.5. The summed E-state index contributed by atoms with van der Waals surface area (Å²) in [6.45, 7) is 7.80. The first-order valence-electron chi connectivity index (χ1n) is 9.32. The molecule has 0 saturated heterocycles. The van der Waals surface area contributed by atoms with Gasteiger partial charge in [-0.25, -0.2) is 0 Å². The SMILES string of the molecule is Cc1n[n-]c(-c2cccc(C(C)(C)c3cccc(-c4[c-]cc(F)cc4C)n3)n2)n1.[Pt+2]. The minimum absolute atomic E-state index is 0. The van der Waals surface area contributed by atoms with Crippen LogP contribution in [0.5, 0.6) is 0 Å². The van der Waals surface area contributed by atoms with E-state index in [-0.39, 0.29) is 26.9 Å². The minimum atomic E-state index is -0.463. The molecule has 3 aromatic heterocycles. The molecule has 0 bridgehead atoms. The number of halogens is 1. The number of aromatic nitrogens is 5. The molecule has 0 unspecified atom stereocenters. The van der Waals surface area contributed by atoms with Gasteiger partial charge in [-0.05, 0) is 50.5 Å². The van der Waals surface area contributed by atoms with Crippen molar-refractivity contribution >= 4 is 0 Å². The quantitative estimate of drug-likeness (QED) is 0.334. The van der Waals surface area contributed by atoms with E-state index >= 15 is 0 Å². The van der Waals surface area contributed by atoms with Crippen molar-refractivity contribution in [1.29, 1.82) is 0 Å². The van der Waals surface area contributed by atoms with Crippen molar-refractivity contribution in [2.24, 2.45) is 0 Å². The summed E-state index contributed by atoms with van der Waals surface area (Å²) in [5, 5.41) is 8.04. The Hall–Kier alpha value is -2.72. The van der Waals surface area contributed by atoms with E-state index in [4.69, 9.17) is 9.97 Å². The summed E-state index contributed by atoms with van der Waals surface area (Å²) in [7, 11) is 0. The van der Waals surface area contributed by atoms with Gasteiger partial charge in [0, 0.05) is 22.8 Å². The second-order valence-corrected chi connectivity index (χ2v) is 7.50. The number of hydrogen-bond acceptors (Lipinski definition) is 4. The molecule has 30 heavy (non-hydrogen) atoms. The van der Waals surface area contributed by atoms with Gasteiger partial charge in [0.25, 0.3) is 0 Å². The number of rotatable bonds is 4. The summed E-state index contributed by atoms with van der Waals surface area (Å²) in [5.74, 6) is 0.827. The monoisotopic (exact) mass is 580 g/mol. The molecule has 0 aliphatic rings. The van der Waals surface area contributed by atoms with Crippen molar-refractivity contribution in [2.45, 2.75) is 33.1 Å². The normalized spacial score (nSPS) is 11.2. The first kappa shape index (κ1) is 22.0. The van der Waals surface area contributed by atoms with Gasteiger partial charge < -0.3 is 15.1 Å². The summed E-state index contributed by atoms with van der Waals surface area (Å²) in [6, 6.07) is 17.4. The number of benzene rings is 1. The van der Waals surface area contributed by atoms with Gasteiger partial charge in [-0.3, -0.25) is 14.5 Å². The fourth-order valence-corrected chi connectivity index (χ4v) is 3.24. The van der Waals surface area contributed by atoms with Gasteiger partial charge in [-0.2, -0.15) is 0 Å². The number of pyridine rings is 2. The van der Waals surface area contributed by atoms with Crippen LogP contribution in [-0.4, -0.2) is 20.1 Å². The van der Waals surface area contributed by atoms with E-state index in [1.807, 2.05) is 43.3 Å². The molecule has 0 aliphatic heterocycles. The van der Waals surface area contributed by atoms with E-state index in [2.05, 4.69) is 35.1 Å². The zero-order valence-electron chi connectivity index (χ0n) is 17.0. The van der Waals surface area contributed by atoms with E-state index in [9.17, 15) is 4.39 Å².